The number of hydrogen-bond acceptors (Lipinski definition) is 4. The first-order valence-corrected chi connectivity index (χ1v) is 9.39. The molecule has 2 aromatic carbocycles. The van der Waals surface area contributed by atoms with Gasteiger partial charge in [-0.2, -0.15) is 0 Å². The summed E-state index contributed by atoms with van der Waals surface area (Å²) in [5.41, 5.74) is 1.67. The number of likely N-dealkylation sites (tertiary alicyclic amines) is 1. The molecule has 6 heteroatoms. The molecule has 0 aromatic heterocycles. The predicted molar refractivity (Wildman–Crippen MR) is 101 cm³/mol. The van der Waals surface area contributed by atoms with E-state index in [4.69, 9.17) is 9.47 Å². The number of rotatable bonds is 4. The lowest BCUT2D eigenvalue weighted by Gasteiger charge is -2.26. The third kappa shape index (κ3) is 3.99. The predicted octanol–water partition coefficient (Wildman–Crippen LogP) is 3.76. The quantitative estimate of drug-likeness (QED) is 0.890. The van der Waals surface area contributed by atoms with Crippen LogP contribution in [0.4, 0.5) is 10.1 Å². The molecular formula is C21H23FN2O3. The van der Waals surface area contributed by atoms with E-state index < -0.39 is 0 Å². The molecule has 27 heavy (non-hydrogen) atoms. The van der Waals surface area contributed by atoms with Crippen molar-refractivity contribution in [2.24, 2.45) is 0 Å². The topological polar surface area (TPSA) is 50.8 Å². The highest BCUT2D eigenvalue weighted by atomic mass is 19.1. The number of benzene rings is 2. The Bertz CT molecular complexity index is 827. The van der Waals surface area contributed by atoms with E-state index in [0.29, 0.717) is 18.9 Å². The number of anilines is 1. The lowest BCUT2D eigenvalue weighted by atomic mass is 10.0. The van der Waals surface area contributed by atoms with E-state index in [2.05, 4.69) is 5.32 Å². The first kappa shape index (κ1) is 17.6. The first-order chi connectivity index (χ1) is 13.2. The second-order valence-corrected chi connectivity index (χ2v) is 6.87. The normalized spacial score (nSPS) is 18.9. The van der Waals surface area contributed by atoms with Crippen molar-refractivity contribution in [1.82, 2.24) is 4.90 Å². The van der Waals surface area contributed by atoms with Crippen molar-refractivity contribution in [1.29, 1.82) is 0 Å². The Labute approximate surface area is 158 Å². The molecule has 142 valence electrons. The van der Waals surface area contributed by atoms with Gasteiger partial charge in [0.15, 0.2) is 11.5 Å². The number of halogens is 1. The molecule has 1 N–H and O–H groups in total. The van der Waals surface area contributed by atoms with E-state index in [0.717, 1.165) is 42.9 Å². The van der Waals surface area contributed by atoms with E-state index in [1.807, 2.05) is 23.1 Å². The van der Waals surface area contributed by atoms with E-state index >= 15 is 0 Å². The van der Waals surface area contributed by atoms with Crippen LogP contribution in [-0.2, 0) is 4.79 Å². The number of amides is 1. The van der Waals surface area contributed by atoms with Crippen molar-refractivity contribution in [2.75, 3.05) is 31.6 Å². The van der Waals surface area contributed by atoms with Gasteiger partial charge in [-0.25, -0.2) is 4.39 Å². The molecule has 1 atom stereocenters. The van der Waals surface area contributed by atoms with Gasteiger partial charge in [-0.05, 0) is 48.7 Å². The third-order valence-corrected chi connectivity index (χ3v) is 5.00. The van der Waals surface area contributed by atoms with Gasteiger partial charge in [-0.1, -0.05) is 12.1 Å². The number of carbonyl (C=O) groups excluding carboxylic acids is 1. The summed E-state index contributed by atoms with van der Waals surface area (Å²) in [5.74, 6) is 1.20. The van der Waals surface area contributed by atoms with Crippen LogP contribution >= 0.6 is 0 Å². The molecule has 2 heterocycles. The van der Waals surface area contributed by atoms with Crippen LogP contribution in [0.15, 0.2) is 42.5 Å². The zero-order valence-electron chi connectivity index (χ0n) is 15.1. The van der Waals surface area contributed by atoms with Crippen molar-refractivity contribution in [3.8, 4) is 11.5 Å². The van der Waals surface area contributed by atoms with Crippen molar-refractivity contribution < 1.29 is 18.7 Å². The molecule has 2 aliphatic rings. The first-order valence-electron chi connectivity index (χ1n) is 9.39. The Morgan fingerprint density at radius 1 is 1.11 bits per heavy atom. The molecule has 0 saturated carbocycles. The fraction of sp³-hybridized carbons (Fsp3) is 0.381. The Kier molecular flexibility index (Phi) is 5.14. The van der Waals surface area contributed by atoms with E-state index in [-0.39, 0.29) is 24.3 Å². The van der Waals surface area contributed by atoms with Crippen LogP contribution in [0, 0.1) is 5.82 Å². The molecule has 1 fully saturated rings. The number of ether oxygens (including phenoxy) is 2. The van der Waals surface area contributed by atoms with Crippen LogP contribution in [-0.4, -0.2) is 37.1 Å². The molecular weight excluding hydrogens is 347 g/mol. The van der Waals surface area contributed by atoms with Crippen LogP contribution < -0.4 is 14.8 Å². The summed E-state index contributed by atoms with van der Waals surface area (Å²) in [6.07, 6.45) is 2.75. The smallest absolute Gasteiger partial charge is 0.242 e. The Hall–Kier alpha value is -2.76. The highest BCUT2D eigenvalue weighted by Gasteiger charge is 2.30. The van der Waals surface area contributed by atoms with Gasteiger partial charge >= 0.3 is 0 Å². The monoisotopic (exact) mass is 370 g/mol. The Balaban J connectivity index is 1.45. The summed E-state index contributed by atoms with van der Waals surface area (Å²) < 4.78 is 24.8. The molecule has 5 nitrogen and oxygen atoms in total. The Morgan fingerprint density at radius 3 is 2.81 bits per heavy atom. The van der Waals surface area contributed by atoms with E-state index in [1.54, 1.807) is 12.1 Å². The van der Waals surface area contributed by atoms with Crippen LogP contribution in [0.3, 0.4) is 0 Å². The molecule has 1 saturated heterocycles. The minimum absolute atomic E-state index is 0.00822. The standard InChI is InChI=1S/C21H23FN2O3/c22-16-4-1-5-17(13-16)23-14-21(25)24-9-2-6-18(24)15-7-8-19-20(12-15)27-11-3-10-26-19/h1,4-5,7-8,12-13,18,23H,2-3,6,9-11,14H2. The highest BCUT2D eigenvalue weighted by molar-refractivity contribution is 5.81. The summed E-state index contributed by atoms with van der Waals surface area (Å²) in [6.45, 7) is 2.17. The van der Waals surface area contributed by atoms with Gasteiger partial charge in [-0.15, -0.1) is 0 Å². The van der Waals surface area contributed by atoms with E-state index in [9.17, 15) is 9.18 Å². The molecule has 0 radical (unpaired) electrons. The van der Waals surface area contributed by atoms with Gasteiger partial charge in [0, 0.05) is 18.7 Å². The number of nitrogens with one attached hydrogen (secondary N) is 1. The summed E-state index contributed by atoms with van der Waals surface area (Å²) >= 11 is 0. The average molecular weight is 370 g/mol. The lowest BCUT2D eigenvalue weighted by molar-refractivity contribution is -0.130. The van der Waals surface area contributed by atoms with Gasteiger partial charge in [-0.3, -0.25) is 4.79 Å². The van der Waals surface area contributed by atoms with Crippen LogP contribution in [0.1, 0.15) is 30.9 Å². The minimum atomic E-state index is -0.321. The van der Waals surface area contributed by atoms with Gasteiger partial charge in [0.05, 0.1) is 25.8 Å². The molecule has 0 spiro atoms. The highest BCUT2D eigenvalue weighted by Crippen LogP contribution is 2.37. The van der Waals surface area contributed by atoms with Crippen molar-refractivity contribution in [3.63, 3.8) is 0 Å². The van der Waals surface area contributed by atoms with Crippen LogP contribution in [0.25, 0.3) is 0 Å². The minimum Gasteiger partial charge on any atom is -0.490 e. The zero-order chi connectivity index (χ0) is 18.6. The lowest BCUT2D eigenvalue weighted by Crippen LogP contribution is -2.35. The van der Waals surface area contributed by atoms with Crippen molar-refractivity contribution >= 4 is 11.6 Å². The second-order valence-electron chi connectivity index (χ2n) is 6.87. The molecule has 1 amide bonds. The summed E-state index contributed by atoms with van der Waals surface area (Å²) in [4.78, 5) is 14.6. The summed E-state index contributed by atoms with van der Waals surface area (Å²) in [6, 6.07) is 12.1. The van der Waals surface area contributed by atoms with Crippen LogP contribution in [0.2, 0.25) is 0 Å². The Morgan fingerprint density at radius 2 is 1.96 bits per heavy atom. The van der Waals surface area contributed by atoms with Crippen LogP contribution in [0.5, 0.6) is 11.5 Å². The maximum Gasteiger partial charge on any atom is 0.242 e. The average Bonchev–Trinajstić information content (AvgIpc) is 3.05. The SMILES string of the molecule is O=C(CNc1cccc(F)c1)N1CCCC1c1ccc2c(c1)OCCCO2. The maximum absolute atomic E-state index is 13.3. The largest absolute Gasteiger partial charge is 0.490 e. The second kappa shape index (κ2) is 7.86. The summed E-state index contributed by atoms with van der Waals surface area (Å²) in [7, 11) is 0. The molecule has 4 rings (SSSR count). The third-order valence-electron chi connectivity index (χ3n) is 5.00. The fourth-order valence-electron chi connectivity index (χ4n) is 3.68. The molecule has 2 aliphatic heterocycles. The van der Waals surface area contributed by atoms with E-state index in [1.165, 1.54) is 12.1 Å². The maximum atomic E-state index is 13.3. The number of carbonyl (C=O) groups is 1. The van der Waals surface area contributed by atoms with Crippen molar-refractivity contribution in [3.05, 3.63) is 53.8 Å². The summed E-state index contributed by atoms with van der Waals surface area (Å²) in [5, 5.41) is 3.02. The zero-order valence-corrected chi connectivity index (χ0v) is 15.1. The molecule has 0 bridgehead atoms. The number of nitrogens with zero attached hydrogens (tertiary/aromatic N) is 1. The number of hydrogen-bond donors (Lipinski definition) is 1. The van der Waals surface area contributed by atoms with Gasteiger partial charge < -0.3 is 19.7 Å². The molecule has 2 aromatic rings. The van der Waals surface area contributed by atoms with Crippen molar-refractivity contribution in [2.45, 2.75) is 25.3 Å². The molecule has 1 unspecified atom stereocenters. The van der Waals surface area contributed by atoms with Gasteiger partial charge in [0.1, 0.15) is 5.82 Å². The fourth-order valence-corrected chi connectivity index (χ4v) is 3.68. The van der Waals surface area contributed by atoms with Gasteiger partial charge in [0.25, 0.3) is 0 Å². The molecule has 0 aliphatic carbocycles. The number of fused-ring (bicyclic) bond motifs is 1. The van der Waals surface area contributed by atoms with Gasteiger partial charge in [0.2, 0.25) is 5.91 Å².